The summed E-state index contributed by atoms with van der Waals surface area (Å²) in [6, 6.07) is 11.8. The second-order valence-electron chi connectivity index (χ2n) is 4.29. The summed E-state index contributed by atoms with van der Waals surface area (Å²) in [6.07, 6.45) is 0.376. The quantitative estimate of drug-likeness (QED) is 0.793. The van der Waals surface area contributed by atoms with Gasteiger partial charge in [-0.15, -0.1) is 11.3 Å². The molecule has 0 N–H and O–H groups in total. The molecule has 0 radical (unpaired) electrons. The van der Waals surface area contributed by atoms with Crippen LogP contribution in [0.15, 0.2) is 30.3 Å². The Kier molecular flexibility index (Phi) is 4.90. The molecule has 21 heavy (non-hydrogen) atoms. The van der Waals surface area contributed by atoms with Gasteiger partial charge >= 0.3 is 5.97 Å². The third-order valence-electron chi connectivity index (χ3n) is 2.91. The number of rotatable bonds is 5. The van der Waals surface area contributed by atoms with Gasteiger partial charge in [-0.05, 0) is 19.1 Å². The van der Waals surface area contributed by atoms with Crippen molar-refractivity contribution in [2.45, 2.75) is 13.3 Å². The number of methoxy groups -OCH3 is 1. The number of nitriles is 1. The Morgan fingerprint density at radius 1 is 1.43 bits per heavy atom. The highest BCUT2D eigenvalue weighted by molar-refractivity contribution is 7.15. The van der Waals surface area contributed by atoms with E-state index < -0.39 is 5.97 Å². The minimum absolute atomic E-state index is 0.329. The largest absolute Gasteiger partial charge is 0.464 e. The van der Waals surface area contributed by atoms with E-state index in [9.17, 15) is 4.79 Å². The smallest absolute Gasteiger partial charge is 0.357 e. The standard InChI is InChI=1S/C15H15N3O2S/c1-11-13(14(19)20-2)17-15(21-11)18(10-6-9-16)12-7-4-3-5-8-12/h3-5,7-8H,6,10H2,1-2H3. The Hall–Kier alpha value is -2.39. The van der Waals surface area contributed by atoms with Gasteiger partial charge in [-0.1, -0.05) is 18.2 Å². The van der Waals surface area contributed by atoms with Gasteiger partial charge in [-0.25, -0.2) is 9.78 Å². The number of aryl methyl sites for hydroxylation is 1. The van der Waals surface area contributed by atoms with Crippen molar-refractivity contribution < 1.29 is 9.53 Å². The third-order valence-corrected chi connectivity index (χ3v) is 3.90. The molecule has 0 aliphatic heterocycles. The fourth-order valence-corrected chi connectivity index (χ4v) is 2.83. The molecule has 2 rings (SSSR count). The summed E-state index contributed by atoms with van der Waals surface area (Å²) in [5.74, 6) is -0.441. The van der Waals surface area contributed by atoms with Gasteiger partial charge in [0.1, 0.15) is 0 Å². The third kappa shape index (κ3) is 3.38. The van der Waals surface area contributed by atoms with E-state index in [1.54, 1.807) is 0 Å². The van der Waals surface area contributed by atoms with E-state index in [0.29, 0.717) is 23.8 Å². The number of ether oxygens (including phenoxy) is 1. The molecule has 0 saturated heterocycles. The summed E-state index contributed by atoms with van der Waals surface area (Å²) in [7, 11) is 1.34. The highest BCUT2D eigenvalue weighted by Gasteiger charge is 2.20. The zero-order chi connectivity index (χ0) is 15.2. The van der Waals surface area contributed by atoms with E-state index in [4.69, 9.17) is 10.00 Å². The van der Waals surface area contributed by atoms with Crippen molar-refractivity contribution in [2.75, 3.05) is 18.6 Å². The number of hydrogen-bond donors (Lipinski definition) is 0. The maximum atomic E-state index is 11.7. The van der Waals surface area contributed by atoms with Crippen LogP contribution < -0.4 is 4.90 Å². The predicted octanol–water partition coefficient (Wildman–Crippen LogP) is 3.29. The molecule has 1 heterocycles. The first kappa shape index (κ1) is 15.0. The van der Waals surface area contributed by atoms with Crippen LogP contribution in [0, 0.1) is 18.3 Å². The van der Waals surface area contributed by atoms with Crippen molar-refractivity contribution >= 4 is 28.1 Å². The molecule has 0 atom stereocenters. The molecule has 108 valence electrons. The Labute approximate surface area is 127 Å². The lowest BCUT2D eigenvalue weighted by molar-refractivity contribution is 0.0594. The molecule has 0 aliphatic carbocycles. The lowest BCUT2D eigenvalue weighted by Gasteiger charge is -2.20. The molecule has 0 amide bonds. The first-order valence-corrected chi connectivity index (χ1v) is 7.24. The zero-order valence-corrected chi connectivity index (χ0v) is 12.7. The number of aromatic nitrogens is 1. The highest BCUT2D eigenvalue weighted by Crippen LogP contribution is 2.31. The molecule has 2 aromatic rings. The van der Waals surface area contributed by atoms with Crippen molar-refractivity contribution in [3.05, 3.63) is 40.9 Å². The van der Waals surface area contributed by atoms with Crippen molar-refractivity contribution in [3.8, 4) is 6.07 Å². The SMILES string of the molecule is COC(=O)c1nc(N(CCC#N)c2ccccc2)sc1C. The monoisotopic (exact) mass is 301 g/mol. The van der Waals surface area contributed by atoms with Gasteiger partial charge in [0.15, 0.2) is 10.8 Å². The molecule has 0 bridgehead atoms. The first-order chi connectivity index (χ1) is 10.2. The average Bonchev–Trinajstić information content (AvgIpc) is 2.90. The number of para-hydroxylation sites is 1. The van der Waals surface area contributed by atoms with E-state index in [2.05, 4.69) is 11.1 Å². The number of benzene rings is 1. The second-order valence-corrected chi connectivity index (χ2v) is 5.47. The van der Waals surface area contributed by atoms with Crippen molar-refractivity contribution in [3.63, 3.8) is 0 Å². The molecule has 0 saturated carbocycles. The fourth-order valence-electron chi connectivity index (χ4n) is 1.89. The first-order valence-electron chi connectivity index (χ1n) is 6.42. The average molecular weight is 301 g/mol. The zero-order valence-electron chi connectivity index (χ0n) is 11.9. The van der Waals surface area contributed by atoms with Crippen molar-refractivity contribution in [1.29, 1.82) is 5.26 Å². The number of thiazole rings is 1. The summed E-state index contributed by atoms with van der Waals surface area (Å²) in [4.78, 5) is 18.8. The molecule has 1 aromatic carbocycles. The topological polar surface area (TPSA) is 66.2 Å². The normalized spacial score (nSPS) is 9.95. The summed E-state index contributed by atoms with van der Waals surface area (Å²) < 4.78 is 4.73. The van der Waals surface area contributed by atoms with Gasteiger partial charge < -0.3 is 9.64 Å². The van der Waals surface area contributed by atoms with E-state index >= 15 is 0 Å². The van der Waals surface area contributed by atoms with Gasteiger partial charge in [0.2, 0.25) is 0 Å². The van der Waals surface area contributed by atoms with Crippen LogP contribution in [0.5, 0.6) is 0 Å². The highest BCUT2D eigenvalue weighted by atomic mass is 32.1. The number of anilines is 2. The molecule has 0 fully saturated rings. The molecule has 0 aliphatic rings. The minimum atomic E-state index is -0.441. The van der Waals surface area contributed by atoms with Gasteiger partial charge in [-0.3, -0.25) is 0 Å². The van der Waals surface area contributed by atoms with Gasteiger partial charge in [-0.2, -0.15) is 5.26 Å². The van der Waals surface area contributed by atoms with Gasteiger partial charge in [0.25, 0.3) is 0 Å². The maximum absolute atomic E-state index is 11.7. The Bertz CT molecular complexity index is 661. The molecular formula is C15H15N3O2S. The van der Waals surface area contributed by atoms with Crippen LogP contribution in [0.25, 0.3) is 0 Å². The number of carbonyl (C=O) groups excluding carboxylic acids is 1. The Morgan fingerprint density at radius 3 is 2.76 bits per heavy atom. The summed E-state index contributed by atoms with van der Waals surface area (Å²) in [5, 5.41) is 9.52. The predicted molar refractivity (Wildman–Crippen MR) is 81.9 cm³/mol. The van der Waals surface area contributed by atoms with Crippen LogP contribution in [0.3, 0.4) is 0 Å². The number of nitrogens with zero attached hydrogens (tertiary/aromatic N) is 3. The lowest BCUT2D eigenvalue weighted by atomic mass is 10.3. The fraction of sp³-hybridized carbons (Fsp3) is 0.267. The van der Waals surface area contributed by atoms with E-state index in [1.165, 1.54) is 18.4 Å². The number of carbonyl (C=O) groups is 1. The second kappa shape index (κ2) is 6.86. The van der Waals surface area contributed by atoms with Crippen LogP contribution in [-0.4, -0.2) is 24.6 Å². The van der Waals surface area contributed by atoms with Crippen LogP contribution in [-0.2, 0) is 4.74 Å². The number of hydrogen-bond acceptors (Lipinski definition) is 6. The Balaban J connectivity index is 2.38. The summed E-state index contributed by atoms with van der Waals surface area (Å²) >= 11 is 1.42. The van der Waals surface area contributed by atoms with E-state index in [-0.39, 0.29) is 0 Å². The summed E-state index contributed by atoms with van der Waals surface area (Å²) in [6.45, 7) is 2.36. The molecule has 1 aromatic heterocycles. The van der Waals surface area contributed by atoms with Crippen molar-refractivity contribution in [1.82, 2.24) is 4.98 Å². The molecular weight excluding hydrogens is 286 g/mol. The van der Waals surface area contributed by atoms with E-state index in [0.717, 1.165) is 10.6 Å². The van der Waals surface area contributed by atoms with Crippen LogP contribution in [0.4, 0.5) is 10.8 Å². The van der Waals surface area contributed by atoms with Crippen molar-refractivity contribution in [2.24, 2.45) is 0 Å². The molecule has 5 nitrogen and oxygen atoms in total. The maximum Gasteiger partial charge on any atom is 0.357 e. The van der Waals surface area contributed by atoms with Crippen LogP contribution in [0.2, 0.25) is 0 Å². The Morgan fingerprint density at radius 2 is 2.14 bits per heavy atom. The molecule has 6 heteroatoms. The van der Waals surface area contributed by atoms with E-state index in [1.807, 2.05) is 42.2 Å². The lowest BCUT2D eigenvalue weighted by Crippen LogP contribution is -2.18. The molecule has 0 unspecified atom stereocenters. The van der Waals surface area contributed by atoms with Gasteiger partial charge in [0.05, 0.1) is 19.6 Å². The minimum Gasteiger partial charge on any atom is -0.464 e. The summed E-state index contributed by atoms with van der Waals surface area (Å²) in [5.41, 5.74) is 1.27. The number of esters is 1. The van der Waals surface area contributed by atoms with Crippen LogP contribution >= 0.6 is 11.3 Å². The molecule has 0 spiro atoms. The van der Waals surface area contributed by atoms with Gasteiger partial charge in [0, 0.05) is 17.1 Å². The van der Waals surface area contributed by atoms with Crippen LogP contribution in [0.1, 0.15) is 21.8 Å².